The van der Waals surface area contributed by atoms with Crippen molar-refractivity contribution >= 4 is 52.4 Å². The maximum atomic E-state index is 11.9. The molecule has 20 heavy (non-hydrogen) atoms. The van der Waals surface area contributed by atoms with Gasteiger partial charge in [-0.25, -0.2) is 4.79 Å². The number of nitrogens with zero attached hydrogens (tertiary/aromatic N) is 2. The number of nitrogens with one attached hydrogen (secondary N) is 1. The van der Waals surface area contributed by atoms with Crippen LogP contribution >= 0.6 is 34.8 Å². The topological polar surface area (TPSA) is 44.7 Å². The Labute approximate surface area is 132 Å². The van der Waals surface area contributed by atoms with Crippen LogP contribution in [0.3, 0.4) is 0 Å². The van der Waals surface area contributed by atoms with E-state index in [1.54, 1.807) is 0 Å². The quantitative estimate of drug-likeness (QED) is 0.809. The molecule has 0 bridgehead atoms. The van der Waals surface area contributed by atoms with Crippen LogP contribution in [0.15, 0.2) is 17.1 Å². The summed E-state index contributed by atoms with van der Waals surface area (Å²) in [5, 5.41) is 3.58. The van der Waals surface area contributed by atoms with Crippen LogP contribution in [0.1, 0.15) is 19.3 Å². The first-order chi connectivity index (χ1) is 9.47. The van der Waals surface area contributed by atoms with Gasteiger partial charge < -0.3 is 10.2 Å². The molecule has 1 heterocycles. The Hall–Kier alpha value is -0.970. The lowest BCUT2D eigenvalue weighted by Gasteiger charge is -2.25. The van der Waals surface area contributed by atoms with E-state index in [0.29, 0.717) is 10.7 Å². The number of likely N-dealkylation sites (tertiary alicyclic amines) is 1. The average molecular weight is 335 g/mol. The number of rotatable bonds is 1. The van der Waals surface area contributed by atoms with E-state index in [2.05, 4.69) is 10.3 Å². The summed E-state index contributed by atoms with van der Waals surface area (Å²) in [4.78, 5) is 18.0. The fraction of sp³-hybridized carbons (Fsp3) is 0.385. The minimum atomic E-state index is -0.486. The summed E-state index contributed by atoms with van der Waals surface area (Å²) in [6.45, 7) is 0.911. The number of amides is 2. The van der Waals surface area contributed by atoms with Gasteiger partial charge in [0.2, 0.25) is 0 Å². The third-order valence-electron chi connectivity index (χ3n) is 3.05. The van der Waals surface area contributed by atoms with Crippen molar-refractivity contribution in [2.45, 2.75) is 19.3 Å². The predicted molar refractivity (Wildman–Crippen MR) is 84.4 cm³/mol. The fourth-order valence-corrected chi connectivity index (χ4v) is 2.92. The van der Waals surface area contributed by atoms with E-state index >= 15 is 0 Å². The summed E-state index contributed by atoms with van der Waals surface area (Å²) >= 11 is 17.8. The molecule has 0 saturated carbocycles. The van der Waals surface area contributed by atoms with Crippen LogP contribution in [0, 0.1) is 0 Å². The second kappa shape index (κ2) is 6.66. The summed E-state index contributed by atoms with van der Waals surface area (Å²) in [5.41, 5.74) is 0.325. The lowest BCUT2D eigenvalue weighted by atomic mass is 10.1. The first kappa shape index (κ1) is 15.4. The number of piperidine rings is 1. The Morgan fingerprint density at radius 2 is 1.90 bits per heavy atom. The number of hydrogen-bond donors (Lipinski definition) is 1. The molecule has 2 amide bonds. The molecule has 0 spiro atoms. The van der Waals surface area contributed by atoms with Crippen molar-refractivity contribution in [2.75, 3.05) is 18.9 Å². The largest absolute Gasteiger partial charge is 0.363 e. The van der Waals surface area contributed by atoms with Crippen LogP contribution in [0.4, 0.5) is 10.5 Å². The van der Waals surface area contributed by atoms with Gasteiger partial charge in [-0.1, -0.05) is 34.8 Å². The number of hydrogen-bond acceptors (Lipinski definition) is 1. The van der Waals surface area contributed by atoms with Crippen LogP contribution in [-0.2, 0) is 0 Å². The van der Waals surface area contributed by atoms with Gasteiger partial charge in [0.15, 0.2) is 0 Å². The smallest absolute Gasteiger partial charge is 0.347 e. The Bertz CT molecular complexity index is 537. The highest BCUT2D eigenvalue weighted by Crippen LogP contribution is 2.33. The molecule has 4 nitrogen and oxygen atoms in total. The molecule has 1 fully saturated rings. The summed E-state index contributed by atoms with van der Waals surface area (Å²) < 4.78 is 0. The van der Waals surface area contributed by atoms with Gasteiger partial charge in [-0.05, 0) is 25.0 Å². The third kappa shape index (κ3) is 3.78. The maximum Gasteiger partial charge on any atom is 0.347 e. The fourth-order valence-electron chi connectivity index (χ4n) is 2.01. The predicted octanol–water partition coefficient (Wildman–Crippen LogP) is 4.69. The number of carbonyl (C=O) groups excluding carboxylic acids is 1. The lowest BCUT2D eigenvalue weighted by Crippen LogP contribution is -2.32. The normalized spacial score (nSPS) is 17.4. The van der Waals surface area contributed by atoms with Gasteiger partial charge in [-0.3, -0.25) is 0 Å². The second-order valence-electron chi connectivity index (χ2n) is 4.58. The van der Waals surface area contributed by atoms with Crippen molar-refractivity contribution in [3.8, 4) is 0 Å². The van der Waals surface area contributed by atoms with E-state index in [1.165, 1.54) is 12.1 Å². The summed E-state index contributed by atoms with van der Waals surface area (Å²) in [6.07, 6.45) is 2.96. The van der Waals surface area contributed by atoms with Crippen LogP contribution < -0.4 is 5.32 Å². The minimum absolute atomic E-state index is 0.285. The van der Waals surface area contributed by atoms with E-state index in [-0.39, 0.29) is 10.0 Å². The first-order valence-corrected chi connectivity index (χ1v) is 7.35. The first-order valence-electron chi connectivity index (χ1n) is 6.21. The van der Waals surface area contributed by atoms with Crippen LogP contribution in [0.2, 0.25) is 15.1 Å². The van der Waals surface area contributed by atoms with E-state index in [1.807, 2.05) is 11.9 Å². The molecule has 0 radical (unpaired) electrons. The zero-order chi connectivity index (χ0) is 14.7. The van der Waals surface area contributed by atoms with Gasteiger partial charge >= 0.3 is 6.03 Å². The molecular weight excluding hydrogens is 321 g/mol. The molecule has 0 aromatic heterocycles. The van der Waals surface area contributed by atoms with Crippen LogP contribution in [-0.4, -0.2) is 30.4 Å². The van der Waals surface area contributed by atoms with Gasteiger partial charge in [-0.15, -0.1) is 0 Å². The average Bonchev–Trinajstić information content (AvgIpc) is 2.36. The molecule has 1 saturated heterocycles. The van der Waals surface area contributed by atoms with Gasteiger partial charge in [0.25, 0.3) is 0 Å². The molecule has 0 unspecified atom stereocenters. The zero-order valence-corrected chi connectivity index (χ0v) is 13.2. The number of aliphatic imine (C=N–C) groups is 1. The highest BCUT2D eigenvalue weighted by atomic mass is 35.5. The summed E-state index contributed by atoms with van der Waals surface area (Å²) in [7, 11) is 1.92. The van der Waals surface area contributed by atoms with Gasteiger partial charge in [0, 0.05) is 25.0 Å². The van der Waals surface area contributed by atoms with Crippen molar-refractivity contribution in [1.82, 2.24) is 4.90 Å². The maximum absolute atomic E-state index is 11.9. The van der Waals surface area contributed by atoms with Crippen molar-refractivity contribution in [3.05, 3.63) is 27.2 Å². The van der Waals surface area contributed by atoms with Gasteiger partial charge in [0.05, 0.1) is 15.7 Å². The molecule has 1 aromatic rings. The number of amidine groups is 1. The number of urea groups is 1. The van der Waals surface area contributed by atoms with E-state index < -0.39 is 6.03 Å². The van der Waals surface area contributed by atoms with E-state index in [0.717, 1.165) is 31.6 Å². The number of carbonyl (C=O) groups is 1. The Kier molecular flexibility index (Phi) is 5.13. The zero-order valence-electron chi connectivity index (χ0n) is 10.9. The summed E-state index contributed by atoms with van der Waals surface area (Å²) in [6, 6.07) is 2.55. The molecule has 0 atom stereocenters. The molecule has 1 aliphatic heterocycles. The van der Waals surface area contributed by atoms with Crippen molar-refractivity contribution in [2.24, 2.45) is 4.99 Å². The van der Waals surface area contributed by atoms with Crippen molar-refractivity contribution < 1.29 is 4.79 Å². The molecule has 7 heteroatoms. The Balaban J connectivity index is 2.14. The second-order valence-corrected chi connectivity index (χ2v) is 5.83. The molecular formula is C13H14Cl3N3O. The number of halogens is 3. The third-order valence-corrected chi connectivity index (χ3v) is 3.87. The Morgan fingerprint density at radius 3 is 2.50 bits per heavy atom. The molecule has 1 aliphatic rings. The van der Waals surface area contributed by atoms with Crippen LogP contribution in [0.5, 0.6) is 0 Å². The Morgan fingerprint density at radius 1 is 1.25 bits per heavy atom. The van der Waals surface area contributed by atoms with E-state index in [9.17, 15) is 4.79 Å². The lowest BCUT2D eigenvalue weighted by molar-refractivity contribution is 0.259. The minimum Gasteiger partial charge on any atom is -0.363 e. The van der Waals surface area contributed by atoms with Gasteiger partial charge in [-0.2, -0.15) is 4.99 Å². The van der Waals surface area contributed by atoms with Crippen molar-refractivity contribution in [1.29, 1.82) is 0 Å². The highest BCUT2D eigenvalue weighted by molar-refractivity contribution is 6.42. The molecule has 108 valence electrons. The SMILES string of the molecule is CN1CCCCC1=NC(=O)Nc1c(Cl)cc(Cl)cc1Cl. The van der Waals surface area contributed by atoms with E-state index in [4.69, 9.17) is 34.8 Å². The standard InChI is InChI=1S/C13H14Cl3N3O/c1-19-5-3-2-4-11(19)17-13(20)18-12-9(15)6-8(14)7-10(12)16/h6-7H,2-5H2,1H3,(H,18,20). The number of benzene rings is 1. The van der Waals surface area contributed by atoms with Crippen molar-refractivity contribution in [3.63, 3.8) is 0 Å². The monoisotopic (exact) mass is 333 g/mol. The molecule has 0 aliphatic carbocycles. The molecule has 1 N–H and O–H groups in total. The highest BCUT2D eigenvalue weighted by Gasteiger charge is 2.15. The summed E-state index contributed by atoms with van der Waals surface area (Å²) in [5.74, 6) is 0.773. The molecule has 2 rings (SSSR count). The van der Waals surface area contributed by atoms with Gasteiger partial charge in [0.1, 0.15) is 5.84 Å². The van der Waals surface area contributed by atoms with Crippen LogP contribution in [0.25, 0.3) is 0 Å². The molecule has 1 aromatic carbocycles. The number of anilines is 1.